The maximum absolute atomic E-state index is 14.8. The Morgan fingerprint density at radius 1 is 1.24 bits per heavy atom. The Kier molecular flexibility index (Phi) is 4.48. The molecule has 3 aromatic heterocycles. The summed E-state index contributed by atoms with van der Waals surface area (Å²) in [4.78, 5) is 15.7. The summed E-state index contributed by atoms with van der Waals surface area (Å²) >= 11 is 0. The smallest absolute Gasteiger partial charge is 0.262 e. The number of benzene rings is 1. The Morgan fingerprint density at radius 2 is 2.00 bits per heavy atom. The number of imidazole rings is 1. The van der Waals surface area contributed by atoms with Gasteiger partial charge in [-0.25, -0.2) is 23.1 Å². The van der Waals surface area contributed by atoms with Crippen LogP contribution in [0.1, 0.15) is 32.6 Å². The monoisotopic (exact) mass is 402 g/mol. The molecule has 29 heavy (non-hydrogen) atoms. The third kappa shape index (κ3) is 3.52. The molecule has 0 aliphatic rings. The van der Waals surface area contributed by atoms with E-state index in [2.05, 4.69) is 25.3 Å². The van der Waals surface area contributed by atoms with Crippen molar-refractivity contribution in [2.24, 2.45) is 0 Å². The van der Waals surface area contributed by atoms with Crippen molar-refractivity contribution in [1.82, 2.24) is 24.5 Å². The maximum atomic E-state index is 14.8. The summed E-state index contributed by atoms with van der Waals surface area (Å²) in [5.41, 5.74) is 2.91. The van der Waals surface area contributed by atoms with Crippen molar-refractivity contribution in [1.29, 1.82) is 0 Å². The molecule has 0 fully saturated rings. The van der Waals surface area contributed by atoms with E-state index in [1.807, 2.05) is 31.4 Å². The van der Waals surface area contributed by atoms with Crippen LogP contribution >= 0.6 is 0 Å². The van der Waals surface area contributed by atoms with E-state index in [0.29, 0.717) is 27.6 Å². The number of nitrogens with one attached hydrogen (secondary N) is 2. The summed E-state index contributed by atoms with van der Waals surface area (Å²) < 4.78 is 42.8. The molecule has 0 spiro atoms. The molecule has 152 valence electrons. The zero-order chi connectivity index (χ0) is 20.9. The largest absolute Gasteiger partial charge is 0.348 e. The molecule has 0 amide bonds. The maximum Gasteiger partial charge on any atom is 0.262 e. The van der Waals surface area contributed by atoms with Crippen LogP contribution in [0.25, 0.3) is 33.2 Å². The highest BCUT2D eigenvalue weighted by atomic mass is 19.3. The van der Waals surface area contributed by atoms with E-state index in [0.717, 1.165) is 18.3 Å². The number of anilines is 1. The molecule has 0 saturated carbocycles. The molecule has 0 unspecified atom stereocenters. The number of nitrogens with zero attached hydrogens (tertiary/aromatic N) is 4. The number of rotatable bonds is 5. The van der Waals surface area contributed by atoms with Gasteiger partial charge in [0.1, 0.15) is 17.0 Å². The molecule has 0 radical (unpaired) electrons. The molecule has 4 rings (SSSR count). The number of hydrogen-bond donors (Lipinski definition) is 2. The number of fused-ring (bicyclic) bond motifs is 2. The Hall–Kier alpha value is -3.10. The van der Waals surface area contributed by atoms with E-state index in [1.165, 1.54) is 12.3 Å². The van der Waals surface area contributed by atoms with Crippen molar-refractivity contribution in [2.45, 2.75) is 39.7 Å². The van der Waals surface area contributed by atoms with Gasteiger partial charge in [-0.15, -0.1) is 0 Å². The molecule has 0 aliphatic heterocycles. The molecule has 0 atom stereocenters. The third-order valence-electron chi connectivity index (χ3n) is 4.74. The minimum atomic E-state index is -2.87. The molecule has 4 aromatic rings. The summed E-state index contributed by atoms with van der Waals surface area (Å²) in [5.74, 6) is -2.43. The van der Waals surface area contributed by atoms with Crippen LogP contribution in [-0.4, -0.2) is 37.0 Å². The van der Waals surface area contributed by atoms with Crippen LogP contribution in [0.5, 0.6) is 0 Å². The Labute approximate surface area is 165 Å². The Balaban J connectivity index is 1.78. The molecule has 3 heterocycles. The molecular formula is C20H21F3N6. The van der Waals surface area contributed by atoms with Crippen molar-refractivity contribution < 1.29 is 13.2 Å². The molecule has 0 aliphatic carbocycles. The number of aryl methyl sites for hydroxylation is 1. The molecule has 1 aromatic carbocycles. The number of aromatic nitrogens is 5. The van der Waals surface area contributed by atoms with E-state index < -0.39 is 18.3 Å². The second kappa shape index (κ2) is 6.75. The predicted molar refractivity (Wildman–Crippen MR) is 107 cm³/mol. The van der Waals surface area contributed by atoms with Crippen LogP contribution in [0.4, 0.5) is 19.1 Å². The molecule has 9 heteroatoms. The van der Waals surface area contributed by atoms with Crippen LogP contribution in [0, 0.1) is 12.7 Å². The first-order valence-electron chi connectivity index (χ1n) is 9.28. The minimum absolute atomic E-state index is 0.0996. The third-order valence-corrected chi connectivity index (χ3v) is 4.74. The van der Waals surface area contributed by atoms with Crippen molar-refractivity contribution in [3.63, 3.8) is 0 Å². The van der Waals surface area contributed by atoms with Crippen LogP contribution in [0.3, 0.4) is 0 Å². The SMILES string of the molecule is Cc1nc2c(F)cc(-c3c[nH]c4nc(NCC(C)(F)F)ncc34)cc2n1C(C)C. The van der Waals surface area contributed by atoms with E-state index in [-0.39, 0.29) is 12.0 Å². The normalized spacial score (nSPS) is 12.4. The van der Waals surface area contributed by atoms with E-state index >= 15 is 0 Å². The highest BCUT2D eigenvalue weighted by Crippen LogP contribution is 2.33. The first-order valence-corrected chi connectivity index (χ1v) is 9.28. The summed E-state index contributed by atoms with van der Waals surface area (Å²) in [5, 5.41) is 3.19. The van der Waals surface area contributed by atoms with Gasteiger partial charge in [0.2, 0.25) is 5.95 Å². The van der Waals surface area contributed by atoms with Gasteiger partial charge in [-0.2, -0.15) is 4.98 Å². The number of halogens is 3. The zero-order valence-electron chi connectivity index (χ0n) is 16.5. The summed E-state index contributed by atoms with van der Waals surface area (Å²) in [7, 11) is 0. The number of aromatic amines is 1. The van der Waals surface area contributed by atoms with Gasteiger partial charge in [-0.1, -0.05) is 0 Å². The summed E-state index contributed by atoms with van der Waals surface area (Å²) in [6.07, 6.45) is 3.25. The summed E-state index contributed by atoms with van der Waals surface area (Å²) in [6.45, 7) is 6.15. The average Bonchev–Trinajstić information content (AvgIpc) is 3.19. The van der Waals surface area contributed by atoms with Gasteiger partial charge in [0.05, 0.1) is 12.1 Å². The van der Waals surface area contributed by atoms with Gasteiger partial charge >= 0.3 is 0 Å². The lowest BCUT2D eigenvalue weighted by Gasteiger charge is -2.12. The molecule has 0 saturated heterocycles. The van der Waals surface area contributed by atoms with Crippen LogP contribution < -0.4 is 5.32 Å². The van der Waals surface area contributed by atoms with Crippen LogP contribution in [0.2, 0.25) is 0 Å². The van der Waals surface area contributed by atoms with Gasteiger partial charge in [-0.05, 0) is 38.5 Å². The molecule has 0 bridgehead atoms. The first-order chi connectivity index (χ1) is 13.6. The van der Waals surface area contributed by atoms with Gasteiger partial charge < -0.3 is 14.9 Å². The number of H-pyrrole nitrogens is 1. The number of hydrogen-bond acceptors (Lipinski definition) is 4. The molecular weight excluding hydrogens is 381 g/mol. The fourth-order valence-electron chi connectivity index (χ4n) is 3.54. The summed E-state index contributed by atoms with van der Waals surface area (Å²) in [6, 6.07) is 3.46. The van der Waals surface area contributed by atoms with Gasteiger partial charge in [0, 0.05) is 36.3 Å². The van der Waals surface area contributed by atoms with E-state index in [9.17, 15) is 13.2 Å². The van der Waals surface area contributed by atoms with Gasteiger partial charge in [-0.3, -0.25) is 0 Å². The fraction of sp³-hybridized carbons (Fsp3) is 0.350. The average molecular weight is 402 g/mol. The van der Waals surface area contributed by atoms with Gasteiger partial charge in [0.25, 0.3) is 5.92 Å². The standard InChI is InChI=1S/C20H21F3N6/c1-10(2)29-11(3)27-17-15(21)5-12(6-16(17)29)13-7-24-18-14(13)8-25-19(28-18)26-9-20(4,22)23/h5-8,10H,9H2,1-4H3,(H2,24,25,26,28). The first kappa shape index (κ1) is 19.2. The highest BCUT2D eigenvalue weighted by molar-refractivity contribution is 5.96. The lowest BCUT2D eigenvalue weighted by atomic mass is 10.1. The Morgan fingerprint density at radius 3 is 2.69 bits per heavy atom. The minimum Gasteiger partial charge on any atom is -0.348 e. The van der Waals surface area contributed by atoms with Gasteiger partial charge in [0.15, 0.2) is 5.82 Å². The second-order valence-corrected chi connectivity index (χ2v) is 7.53. The van der Waals surface area contributed by atoms with Crippen molar-refractivity contribution in [2.75, 3.05) is 11.9 Å². The topological polar surface area (TPSA) is 71.4 Å². The van der Waals surface area contributed by atoms with Crippen LogP contribution in [0.15, 0.2) is 24.5 Å². The lowest BCUT2D eigenvalue weighted by Crippen LogP contribution is -2.23. The second-order valence-electron chi connectivity index (χ2n) is 7.53. The quantitative estimate of drug-likeness (QED) is 0.489. The van der Waals surface area contributed by atoms with Crippen LogP contribution in [-0.2, 0) is 0 Å². The van der Waals surface area contributed by atoms with Crippen molar-refractivity contribution >= 4 is 28.0 Å². The predicted octanol–water partition coefficient (Wildman–Crippen LogP) is 5.07. The Bertz CT molecular complexity index is 1200. The van der Waals surface area contributed by atoms with Crippen molar-refractivity contribution in [3.8, 4) is 11.1 Å². The number of alkyl halides is 2. The zero-order valence-corrected chi connectivity index (χ0v) is 16.5. The highest BCUT2D eigenvalue weighted by Gasteiger charge is 2.21. The lowest BCUT2D eigenvalue weighted by molar-refractivity contribution is 0.0366. The molecule has 2 N–H and O–H groups in total. The van der Waals surface area contributed by atoms with Crippen molar-refractivity contribution in [3.05, 3.63) is 36.2 Å². The van der Waals surface area contributed by atoms with E-state index in [4.69, 9.17) is 0 Å². The molecule has 6 nitrogen and oxygen atoms in total. The van der Waals surface area contributed by atoms with E-state index in [1.54, 1.807) is 6.20 Å². The fourth-order valence-corrected chi connectivity index (χ4v) is 3.54.